The van der Waals surface area contributed by atoms with Crippen molar-refractivity contribution in [2.75, 3.05) is 45.3 Å². The molecular formula is C17H26ClN3O3. The molecule has 1 aromatic rings. The van der Waals surface area contributed by atoms with E-state index in [1.54, 1.807) is 25.3 Å². The first-order chi connectivity index (χ1) is 11.5. The molecule has 0 radical (unpaired) electrons. The molecule has 134 valence electrons. The van der Waals surface area contributed by atoms with Crippen molar-refractivity contribution in [2.45, 2.75) is 19.9 Å². The second-order valence-corrected chi connectivity index (χ2v) is 6.55. The zero-order chi connectivity index (χ0) is 17.5. The zero-order valence-corrected chi connectivity index (χ0v) is 15.2. The van der Waals surface area contributed by atoms with E-state index in [0.29, 0.717) is 35.0 Å². The summed E-state index contributed by atoms with van der Waals surface area (Å²) in [5, 5.41) is 6.21. The van der Waals surface area contributed by atoms with Gasteiger partial charge in [0.15, 0.2) is 0 Å². The number of carbonyl (C=O) groups excluding carboxylic acids is 1. The number of anilines is 1. The summed E-state index contributed by atoms with van der Waals surface area (Å²) in [4.78, 5) is 14.5. The van der Waals surface area contributed by atoms with Crippen molar-refractivity contribution in [3.05, 3.63) is 23.2 Å². The molecule has 6 nitrogen and oxygen atoms in total. The van der Waals surface area contributed by atoms with Gasteiger partial charge in [0.05, 0.1) is 25.3 Å². The van der Waals surface area contributed by atoms with Crippen LogP contribution in [0.3, 0.4) is 0 Å². The maximum absolute atomic E-state index is 12.1. The highest BCUT2D eigenvalue weighted by Gasteiger charge is 2.24. The molecule has 0 aliphatic carbocycles. The van der Waals surface area contributed by atoms with Gasteiger partial charge in [-0.2, -0.15) is 0 Å². The normalized spacial score (nSPS) is 16.7. The first-order valence-corrected chi connectivity index (χ1v) is 8.59. The van der Waals surface area contributed by atoms with Crippen LogP contribution >= 0.6 is 11.6 Å². The third kappa shape index (κ3) is 5.26. The number of carbonyl (C=O) groups is 1. The molecule has 0 aromatic heterocycles. The molecule has 24 heavy (non-hydrogen) atoms. The topological polar surface area (TPSA) is 62.8 Å². The van der Waals surface area contributed by atoms with Gasteiger partial charge in [-0.1, -0.05) is 25.4 Å². The van der Waals surface area contributed by atoms with Crippen molar-refractivity contribution < 1.29 is 14.3 Å². The van der Waals surface area contributed by atoms with Crippen molar-refractivity contribution in [1.82, 2.24) is 10.2 Å². The molecule has 7 heteroatoms. The minimum Gasteiger partial charge on any atom is -0.495 e. The van der Waals surface area contributed by atoms with E-state index >= 15 is 0 Å². The van der Waals surface area contributed by atoms with Crippen molar-refractivity contribution in [2.24, 2.45) is 5.92 Å². The Morgan fingerprint density at radius 2 is 2.08 bits per heavy atom. The van der Waals surface area contributed by atoms with E-state index in [1.165, 1.54) is 0 Å². The van der Waals surface area contributed by atoms with Gasteiger partial charge in [-0.3, -0.25) is 4.90 Å². The van der Waals surface area contributed by atoms with Crippen LogP contribution in [0, 0.1) is 5.92 Å². The number of urea groups is 1. The maximum atomic E-state index is 12.1. The Morgan fingerprint density at radius 3 is 2.67 bits per heavy atom. The number of nitrogens with zero attached hydrogens (tertiary/aromatic N) is 1. The predicted octanol–water partition coefficient (Wildman–Crippen LogP) is 2.83. The summed E-state index contributed by atoms with van der Waals surface area (Å²) in [5.74, 6) is 1.02. The average molecular weight is 356 g/mol. The first-order valence-electron chi connectivity index (χ1n) is 8.21. The van der Waals surface area contributed by atoms with E-state index in [4.69, 9.17) is 21.1 Å². The van der Waals surface area contributed by atoms with Crippen LogP contribution in [0.1, 0.15) is 13.8 Å². The fourth-order valence-electron chi connectivity index (χ4n) is 2.81. The lowest BCUT2D eigenvalue weighted by atomic mass is 10.0. The SMILES string of the molecule is COc1ccc(NC(=O)NCC(C(C)C)N2CCOCC2)cc1Cl. The van der Waals surface area contributed by atoms with Crippen LogP contribution in [0.5, 0.6) is 5.75 Å². The predicted molar refractivity (Wildman–Crippen MR) is 96.0 cm³/mol. The third-order valence-corrected chi connectivity index (χ3v) is 4.46. The van der Waals surface area contributed by atoms with Gasteiger partial charge in [-0.15, -0.1) is 0 Å². The van der Waals surface area contributed by atoms with Gasteiger partial charge in [0.2, 0.25) is 0 Å². The van der Waals surface area contributed by atoms with Gasteiger partial charge >= 0.3 is 6.03 Å². The van der Waals surface area contributed by atoms with E-state index in [0.717, 1.165) is 26.3 Å². The van der Waals surface area contributed by atoms with E-state index in [2.05, 4.69) is 29.4 Å². The highest BCUT2D eigenvalue weighted by molar-refractivity contribution is 6.32. The number of nitrogens with one attached hydrogen (secondary N) is 2. The van der Waals surface area contributed by atoms with Crippen molar-refractivity contribution in [3.8, 4) is 5.75 Å². The number of ether oxygens (including phenoxy) is 2. The number of halogens is 1. The number of hydrogen-bond donors (Lipinski definition) is 2. The minimum atomic E-state index is -0.241. The van der Waals surface area contributed by atoms with E-state index in [-0.39, 0.29) is 6.03 Å². The second kappa shape index (κ2) is 9.11. The molecule has 1 aliphatic rings. The molecule has 1 unspecified atom stereocenters. The molecule has 1 atom stereocenters. The monoisotopic (exact) mass is 355 g/mol. The number of rotatable bonds is 6. The summed E-state index contributed by atoms with van der Waals surface area (Å²) < 4.78 is 10.5. The largest absolute Gasteiger partial charge is 0.495 e. The van der Waals surface area contributed by atoms with Crippen LogP contribution in [0.15, 0.2) is 18.2 Å². The van der Waals surface area contributed by atoms with Crippen molar-refractivity contribution in [3.63, 3.8) is 0 Å². The van der Waals surface area contributed by atoms with Gasteiger partial charge in [0, 0.05) is 31.4 Å². The summed E-state index contributed by atoms with van der Waals surface area (Å²) in [7, 11) is 1.55. The van der Waals surface area contributed by atoms with Crippen LogP contribution in [0.4, 0.5) is 10.5 Å². The Hall–Kier alpha value is -1.50. The molecule has 0 spiro atoms. The second-order valence-electron chi connectivity index (χ2n) is 6.14. The fourth-order valence-corrected chi connectivity index (χ4v) is 3.07. The molecule has 2 N–H and O–H groups in total. The summed E-state index contributed by atoms with van der Waals surface area (Å²) >= 11 is 6.07. The van der Waals surface area contributed by atoms with Crippen molar-refractivity contribution >= 4 is 23.3 Å². The first kappa shape index (κ1) is 18.8. The van der Waals surface area contributed by atoms with Gasteiger partial charge in [0.1, 0.15) is 5.75 Å². The Balaban J connectivity index is 1.87. The number of morpholine rings is 1. The number of amides is 2. The molecule has 1 saturated heterocycles. The van der Waals surface area contributed by atoms with Gasteiger partial charge < -0.3 is 20.1 Å². The number of hydrogen-bond acceptors (Lipinski definition) is 4. The lowest BCUT2D eigenvalue weighted by Gasteiger charge is -2.36. The molecule has 2 rings (SSSR count). The zero-order valence-electron chi connectivity index (χ0n) is 14.5. The fraction of sp³-hybridized carbons (Fsp3) is 0.588. The average Bonchev–Trinajstić information content (AvgIpc) is 2.56. The summed E-state index contributed by atoms with van der Waals surface area (Å²) in [6.45, 7) is 8.24. The van der Waals surface area contributed by atoms with E-state index in [9.17, 15) is 4.79 Å². The van der Waals surface area contributed by atoms with Crippen LogP contribution in [-0.2, 0) is 4.74 Å². The van der Waals surface area contributed by atoms with Crippen LogP contribution in [0.2, 0.25) is 5.02 Å². The molecule has 0 bridgehead atoms. The summed E-state index contributed by atoms with van der Waals surface area (Å²) in [6, 6.07) is 5.20. The Labute approximate surface area is 148 Å². The Bertz CT molecular complexity index is 548. The molecule has 1 aromatic carbocycles. The molecule has 1 aliphatic heterocycles. The molecule has 1 heterocycles. The highest BCUT2D eigenvalue weighted by atomic mass is 35.5. The van der Waals surface area contributed by atoms with Crippen LogP contribution in [-0.4, -0.2) is 56.9 Å². The summed E-state index contributed by atoms with van der Waals surface area (Å²) in [5.41, 5.74) is 0.630. The van der Waals surface area contributed by atoms with E-state index < -0.39 is 0 Å². The lowest BCUT2D eigenvalue weighted by molar-refractivity contribution is 0.00728. The van der Waals surface area contributed by atoms with Crippen molar-refractivity contribution in [1.29, 1.82) is 0 Å². The maximum Gasteiger partial charge on any atom is 0.319 e. The summed E-state index contributed by atoms with van der Waals surface area (Å²) in [6.07, 6.45) is 0. The lowest BCUT2D eigenvalue weighted by Crippen LogP contribution is -2.51. The van der Waals surface area contributed by atoms with E-state index in [1.807, 2.05) is 0 Å². The number of methoxy groups -OCH3 is 1. The van der Waals surface area contributed by atoms with Gasteiger partial charge in [-0.25, -0.2) is 4.79 Å². The van der Waals surface area contributed by atoms with Gasteiger partial charge in [-0.05, 0) is 24.1 Å². The van der Waals surface area contributed by atoms with Gasteiger partial charge in [0.25, 0.3) is 0 Å². The molecular weight excluding hydrogens is 330 g/mol. The smallest absolute Gasteiger partial charge is 0.319 e. The quantitative estimate of drug-likeness (QED) is 0.823. The standard InChI is InChI=1S/C17H26ClN3O3/c1-12(2)15(21-6-8-24-9-7-21)11-19-17(22)20-13-4-5-16(23-3)14(18)10-13/h4-5,10,12,15H,6-9,11H2,1-3H3,(H2,19,20,22). The molecule has 2 amide bonds. The number of benzene rings is 1. The Kier molecular flexibility index (Phi) is 7.15. The molecule has 0 saturated carbocycles. The van der Waals surface area contributed by atoms with Crippen LogP contribution < -0.4 is 15.4 Å². The highest BCUT2D eigenvalue weighted by Crippen LogP contribution is 2.27. The third-order valence-electron chi connectivity index (χ3n) is 4.17. The van der Waals surface area contributed by atoms with Crippen LogP contribution in [0.25, 0.3) is 0 Å². The molecule has 1 fully saturated rings. The minimum absolute atomic E-state index is 0.241. The Morgan fingerprint density at radius 1 is 1.38 bits per heavy atom.